The molecular weight excluding hydrogens is 214 g/mol. The number of nitrogens with one attached hydrogen (secondary N) is 1. The molecule has 17 heavy (non-hydrogen) atoms. The number of hydrogen-bond donors (Lipinski definition) is 1. The maximum absolute atomic E-state index is 12.2. The van der Waals surface area contributed by atoms with Gasteiger partial charge in [0.1, 0.15) is 5.54 Å². The molecule has 0 saturated heterocycles. The van der Waals surface area contributed by atoms with Gasteiger partial charge in [0.25, 0.3) is 0 Å². The third-order valence-corrected chi connectivity index (χ3v) is 3.96. The van der Waals surface area contributed by atoms with Crippen molar-refractivity contribution < 1.29 is 4.79 Å². The van der Waals surface area contributed by atoms with Gasteiger partial charge in [-0.1, -0.05) is 0 Å². The summed E-state index contributed by atoms with van der Waals surface area (Å²) in [6, 6.07) is 2.35. The highest BCUT2D eigenvalue weighted by Gasteiger charge is 2.37. The lowest BCUT2D eigenvalue weighted by atomic mass is 9.77. The molecule has 0 heterocycles. The molecule has 4 heteroatoms. The minimum Gasteiger partial charge on any atom is -0.343 e. The van der Waals surface area contributed by atoms with Gasteiger partial charge in [-0.3, -0.25) is 4.79 Å². The zero-order valence-corrected chi connectivity index (χ0v) is 11.1. The van der Waals surface area contributed by atoms with Crippen LogP contribution in [-0.2, 0) is 4.79 Å². The molecule has 1 aliphatic rings. The van der Waals surface area contributed by atoms with Crippen LogP contribution in [0.4, 0.5) is 0 Å². The Kier molecular flexibility index (Phi) is 4.95. The van der Waals surface area contributed by atoms with E-state index in [-0.39, 0.29) is 11.8 Å². The van der Waals surface area contributed by atoms with Crippen LogP contribution in [0, 0.1) is 17.2 Å². The van der Waals surface area contributed by atoms with Gasteiger partial charge in [0.15, 0.2) is 0 Å². The summed E-state index contributed by atoms with van der Waals surface area (Å²) >= 11 is 0. The van der Waals surface area contributed by atoms with Crippen LogP contribution in [0.1, 0.15) is 39.5 Å². The largest absolute Gasteiger partial charge is 0.343 e. The molecule has 0 aromatic rings. The summed E-state index contributed by atoms with van der Waals surface area (Å²) in [6.45, 7) is 5.58. The van der Waals surface area contributed by atoms with Crippen molar-refractivity contribution in [2.75, 3.05) is 20.1 Å². The van der Waals surface area contributed by atoms with Crippen molar-refractivity contribution in [1.29, 1.82) is 5.26 Å². The van der Waals surface area contributed by atoms with Crippen LogP contribution in [0.3, 0.4) is 0 Å². The number of rotatable bonds is 4. The van der Waals surface area contributed by atoms with Crippen LogP contribution in [0.2, 0.25) is 0 Å². The van der Waals surface area contributed by atoms with Crippen LogP contribution in [0.5, 0.6) is 0 Å². The van der Waals surface area contributed by atoms with Crippen molar-refractivity contribution in [1.82, 2.24) is 10.2 Å². The van der Waals surface area contributed by atoms with E-state index in [1.54, 1.807) is 0 Å². The van der Waals surface area contributed by atoms with Crippen molar-refractivity contribution in [3.63, 3.8) is 0 Å². The number of amides is 1. The standard InChI is InChI=1S/C13H23N3O/c1-4-16(5-2)12(17)11-6-8-13(10-14,15-3)9-7-11/h11,15H,4-9H2,1-3H3. The molecule has 1 fully saturated rings. The lowest BCUT2D eigenvalue weighted by Crippen LogP contribution is -2.47. The van der Waals surface area contributed by atoms with Crippen LogP contribution in [-0.4, -0.2) is 36.5 Å². The summed E-state index contributed by atoms with van der Waals surface area (Å²) in [7, 11) is 1.83. The molecule has 0 spiro atoms. The summed E-state index contributed by atoms with van der Waals surface area (Å²) < 4.78 is 0. The Morgan fingerprint density at radius 1 is 1.41 bits per heavy atom. The highest BCUT2D eigenvalue weighted by Crippen LogP contribution is 2.32. The molecule has 0 aromatic carbocycles. The minimum atomic E-state index is -0.403. The number of carbonyl (C=O) groups excluding carboxylic acids is 1. The van der Waals surface area contributed by atoms with Crippen molar-refractivity contribution in [2.45, 2.75) is 45.1 Å². The van der Waals surface area contributed by atoms with Gasteiger partial charge in [-0.25, -0.2) is 0 Å². The van der Waals surface area contributed by atoms with Gasteiger partial charge in [0, 0.05) is 19.0 Å². The van der Waals surface area contributed by atoms with Gasteiger partial charge in [-0.15, -0.1) is 0 Å². The van der Waals surface area contributed by atoms with Crippen molar-refractivity contribution >= 4 is 5.91 Å². The smallest absolute Gasteiger partial charge is 0.225 e. The molecule has 0 unspecified atom stereocenters. The molecule has 1 rings (SSSR count). The number of hydrogen-bond acceptors (Lipinski definition) is 3. The fourth-order valence-electron chi connectivity index (χ4n) is 2.57. The lowest BCUT2D eigenvalue weighted by Gasteiger charge is -2.35. The Hall–Kier alpha value is -1.08. The maximum Gasteiger partial charge on any atom is 0.225 e. The Morgan fingerprint density at radius 2 is 1.94 bits per heavy atom. The van der Waals surface area contributed by atoms with Crippen molar-refractivity contribution in [3.8, 4) is 6.07 Å². The van der Waals surface area contributed by atoms with E-state index in [9.17, 15) is 4.79 Å². The first-order valence-corrected chi connectivity index (χ1v) is 6.51. The van der Waals surface area contributed by atoms with E-state index in [0.29, 0.717) is 0 Å². The average Bonchev–Trinajstić information content (AvgIpc) is 2.40. The number of nitriles is 1. The van der Waals surface area contributed by atoms with E-state index in [2.05, 4.69) is 11.4 Å². The second kappa shape index (κ2) is 6.02. The maximum atomic E-state index is 12.2. The lowest BCUT2D eigenvalue weighted by molar-refractivity contribution is -0.136. The molecule has 0 bridgehead atoms. The number of nitrogens with zero attached hydrogens (tertiary/aromatic N) is 2. The Labute approximate surface area is 104 Å². The van der Waals surface area contributed by atoms with E-state index in [4.69, 9.17) is 5.26 Å². The van der Waals surface area contributed by atoms with Gasteiger partial charge in [0.2, 0.25) is 5.91 Å². The molecule has 0 radical (unpaired) electrons. The molecule has 4 nitrogen and oxygen atoms in total. The van der Waals surface area contributed by atoms with Crippen LogP contribution >= 0.6 is 0 Å². The van der Waals surface area contributed by atoms with Crippen molar-refractivity contribution in [2.24, 2.45) is 5.92 Å². The molecule has 0 atom stereocenters. The van der Waals surface area contributed by atoms with E-state index in [1.807, 2.05) is 25.8 Å². The zero-order valence-electron chi connectivity index (χ0n) is 11.1. The number of carbonyl (C=O) groups is 1. The van der Waals surface area contributed by atoms with E-state index in [0.717, 1.165) is 38.8 Å². The highest BCUT2D eigenvalue weighted by molar-refractivity contribution is 5.79. The van der Waals surface area contributed by atoms with Crippen LogP contribution in [0.25, 0.3) is 0 Å². The average molecular weight is 237 g/mol. The molecule has 96 valence electrons. The van der Waals surface area contributed by atoms with E-state index in [1.165, 1.54) is 0 Å². The van der Waals surface area contributed by atoms with Gasteiger partial charge >= 0.3 is 0 Å². The minimum absolute atomic E-state index is 0.115. The van der Waals surface area contributed by atoms with E-state index >= 15 is 0 Å². The topological polar surface area (TPSA) is 56.1 Å². The molecule has 0 aliphatic heterocycles. The molecule has 1 saturated carbocycles. The summed E-state index contributed by atoms with van der Waals surface area (Å²) in [5.41, 5.74) is -0.403. The van der Waals surface area contributed by atoms with E-state index < -0.39 is 5.54 Å². The fourth-order valence-corrected chi connectivity index (χ4v) is 2.57. The van der Waals surface area contributed by atoms with Crippen molar-refractivity contribution in [3.05, 3.63) is 0 Å². The monoisotopic (exact) mass is 237 g/mol. The van der Waals surface area contributed by atoms with Gasteiger partial charge < -0.3 is 10.2 Å². The molecular formula is C13H23N3O. The third-order valence-electron chi connectivity index (χ3n) is 3.96. The Morgan fingerprint density at radius 3 is 2.29 bits per heavy atom. The second-order valence-corrected chi connectivity index (χ2v) is 4.73. The first kappa shape index (κ1) is 14.0. The summed E-state index contributed by atoms with van der Waals surface area (Å²) in [5.74, 6) is 0.377. The second-order valence-electron chi connectivity index (χ2n) is 4.73. The predicted octanol–water partition coefficient (Wildman–Crippen LogP) is 1.53. The zero-order chi connectivity index (χ0) is 12.9. The van der Waals surface area contributed by atoms with Crippen LogP contribution in [0.15, 0.2) is 0 Å². The van der Waals surface area contributed by atoms with Crippen LogP contribution < -0.4 is 5.32 Å². The summed E-state index contributed by atoms with van der Waals surface area (Å²) in [5, 5.41) is 12.3. The fraction of sp³-hybridized carbons (Fsp3) is 0.846. The quantitative estimate of drug-likeness (QED) is 0.806. The molecule has 1 aliphatic carbocycles. The van der Waals surface area contributed by atoms with Gasteiger partial charge in [-0.05, 0) is 46.6 Å². The highest BCUT2D eigenvalue weighted by atomic mass is 16.2. The Bertz CT molecular complexity index is 296. The summed E-state index contributed by atoms with van der Waals surface area (Å²) in [6.07, 6.45) is 3.20. The molecule has 1 N–H and O–H groups in total. The van der Waals surface area contributed by atoms with Gasteiger partial charge in [0.05, 0.1) is 6.07 Å². The third kappa shape index (κ3) is 2.98. The van der Waals surface area contributed by atoms with Gasteiger partial charge in [-0.2, -0.15) is 5.26 Å². The predicted molar refractivity (Wildman–Crippen MR) is 67.3 cm³/mol. The SMILES string of the molecule is CCN(CC)C(=O)C1CCC(C#N)(NC)CC1. The molecule has 0 aromatic heterocycles. The Balaban J connectivity index is 2.58. The normalized spacial score (nSPS) is 28.5. The summed E-state index contributed by atoms with van der Waals surface area (Å²) in [4.78, 5) is 14.1. The first-order valence-electron chi connectivity index (χ1n) is 6.51. The molecule has 1 amide bonds. The first-order chi connectivity index (χ1) is 8.12.